The van der Waals surface area contributed by atoms with Crippen molar-refractivity contribution in [3.05, 3.63) is 53.6 Å². The summed E-state index contributed by atoms with van der Waals surface area (Å²) in [5.41, 5.74) is 0.467. The topological polar surface area (TPSA) is 121 Å². The van der Waals surface area contributed by atoms with E-state index in [1.807, 2.05) is 0 Å². The Bertz CT molecular complexity index is 1070. The van der Waals surface area contributed by atoms with Crippen LogP contribution >= 0.6 is 11.6 Å². The third-order valence-corrected chi connectivity index (χ3v) is 6.49. The first-order chi connectivity index (χ1) is 14.9. The number of carbonyl (C=O) groups excluding carboxylic acids is 2. The van der Waals surface area contributed by atoms with Gasteiger partial charge in [-0.3, -0.25) is 18.1 Å². The normalized spacial score (nSPS) is 17.4. The summed E-state index contributed by atoms with van der Waals surface area (Å²) in [7, 11) is 1.40. The number of anilines is 1. The molecule has 3 rings (SSSR count). The molecule has 1 N–H and O–H groups in total. The monoisotopic (exact) mass is 478 g/mol. The number of urea groups is 1. The zero-order valence-electron chi connectivity index (χ0n) is 17.5. The molecule has 0 bridgehead atoms. The summed E-state index contributed by atoms with van der Waals surface area (Å²) >= 11 is 2.93. The van der Waals surface area contributed by atoms with E-state index in [4.69, 9.17) is 11.6 Å². The van der Waals surface area contributed by atoms with Crippen molar-refractivity contribution in [2.75, 3.05) is 11.4 Å². The lowest BCUT2D eigenvalue weighted by Gasteiger charge is -2.37. The van der Waals surface area contributed by atoms with Crippen molar-refractivity contribution < 1.29 is 28.3 Å². The predicted molar refractivity (Wildman–Crippen MR) is 118 cm³/mol. The third kappa shape index (κ3) is 4.34. The second-order valence-corrected chi connectivity index (χ2v) is 9.01. The lowest BCUT2D eigenvalue weighted by Crippen LogP contribution is -2.54. The number of carboxylic acid groups (broad SMARTS) is 1. The molecule has 3 amide bonds. The van der Waals surface area contributed by atoms with Crippen LogP contribution in [0.3, 0.4) is 0 Å². The minimum absolute atomic E-state index is 0.107. The Morgan fingerprint density at radius 2 is 1.62 bits per heavy atom. The van der Waals surface area contributed by atoms with E-state index in [9.17, 15) is 28.3 Å². The molecule has 9 nitrogen and oxygen atoms in total. The summed E-state index contributed by atoms with van der Waals surface area (Å²) in [5, 5.41) is 9.98. The Labute approximate surface area is 192 Å². The number of aliphatic carboxylic acids is 1. The predicted octanol–water partition coefficient (Wildman–Crippen LogP) is 3.08. The minimum Gasteiger partial charge on any atom is -0.755 e. The first-order valence-corrected chi connectivity index (χ1v) is 10.9. The van der Waals surface area contributed by atoms with E-state index in [1.54, 1.807) is 36.4 Å². The van der Waals surface area contributed by atoms with E-state index >= 15 is 0 Å². The fourth-order valence-electron chi connectivity index (χ4n) is 3.42. The van der Waals surface area contributed by atoms with Gasteiger partial charge in [0.25, 0.3) is 5.91 Å². The number of imide groups is 1. The number of benzene rings is 2. The van der Waals surface area contributed by atoms with E-state index in [0.29, 0.717) is 9.92 Å². The van der Waals surface area contributed by atoms with Crippen molar-refractivity contribution in [1.29, 1.82) is 0 Å². The van der Waals surface area contributed by atoms with Crippen molar-refractivity contribution >= 4 is 46.5 Å². The lowest BCUT2D eigenvalue weighted by molar-refractivity contribution is -0.139. The van der Waals surface area contributed by atoms with Gasteiger partial charge in [-0.25, -0.2) is 9.69 Å². The third-order valence-electron chi connectivity index (χ3n) is 5.46. The Morgan fingerprint density at radius 3 is 2.03 bits per heavy atom. The summed E-state index contributed by atoms with van der Waals surface area (Å²) in [6.45, 7) is 3.01. The van der Waals surface area contributed by atoms with Gasteiger partial charge >= 0.3 is 12.0 Å². The summed E-state index contributed by atoms with van der Waals surface area (Å²) in [5.74, 6) is -2.05. The Hall–Kier alpha value is -2.95. The molecule has 1 saturated heterocycles. The molecule has 1 aliphatic heterocycles. The van der Waals surface area contributed by atoms with E-state index in [1.165, 1.54) is 33.0 Å². The largest absolute Gasteiger partial charge is 0.755 e. The van der Waals surface area contributed by atoms with Crippen molar-refractivity contribution in [3.8, 4) is 11.1 Å². The minimum atomic E-state index is -2.98. The molecule has 2 unspecified atom stereocenters. The number of halogens is 1. The molecule has 1 aliphatic rings. The van der Waals surface area contributed by atoms with E-state index in [0.717, 1.165) is 20.3 Å². The standard InChI is InChI=1S/C21H22ClN3O6S/c1-21(2)19(28)24(20(29)23(21)3)17(12-18(26)27)25(32(30)31)16-10-6-14(7-11-16)13-4-8-15(22)9-5-13/h4-11,17H,12H2,1-3H3,(H,26,27)(H,30,31)/p-1. The van der Waals surface area contributed by atoms with Crippen LogP contribution in [0.25, 0.3) is 11.1 Å². The number of amides is 3. The Balaban J connectivity index is 2.03. The maximum atomic E-state index is 12.9. The molecule has 1 heterocycles. The van der Waals surface area contributed by atoms with Gasteiger partial charge in [-0.2, -0.15) is 0 Å². The van der Waals surface area contributed by atoms with Crippen LogP contribution in [0.5, 0.6) is 0 Å². The molecule has 2 aromatic carbocycles. The van der Waals surface area contributed by atoms with Crippen LogP contribution in [0.1, 0.15) is 20.3 Å². The molecule has 32 heavy (non-hydrogen) atoms. The van der Waals surface area contributed by atoms with Crippen molar-refractivity contribution in [3.63, 3.8) is 0 Å². The highest BCUT2D eigenvalue weighted by Crippen LogP contribution is 2.33. The number of rotatable bonds is 7. The molecule has 1 fully saturated rings. The van der Waals surface area contributed by atoms with E-state index < -0.39 is 47.3 Å². The van der Waals surface area contributed by atoms with Crippen LogP contribution in [0, 0.1) is 0 Å². The van der Waals surface area contributed by atoms with Gasteiger partial charge in [0.2, 0.25) is 0 Å². The molecular weight excluding hydrogens is 458 g/mol. The first-order valence-electron chi connectivity index (χ1n) is 9.53. The molecule has 0 aromatic heterocycles. The van der Waals surface area contributed by atoms with Crippen LogP contribution < -0.4 is 4.31 Å². The quantitative estimate of drug-likeness (QED) is 0.482. The van der Waals surface area contributed by atoms with Crippen LogP contribution in [0.4, 0.5) is 10.5 Å². The van der Waals surface area contributed by atoms with Gasteiger partial charge in [0, 0.05) is 23.3 Å². The molecule has 2 aromatic rings. The number of hydrogen-bond donors (Lipinski definition) is 1. The van der Waals surface area contributed by atoms with Crippen molar-refractivity contribution in [2.45, 2.75) is 32.0 Å². The molecule has 2 atom stereocenters. The number of carboxylic acids is 1. The molecule has 0 spiro atoms. The molecule has 0 saturated carbocycles. The van der Waals surface area contributed by atoms with Crippen molar-refractivity contribution in [2.24, 2.45) is 0 Å². The fourth-order valence-corrected chi connectivity index (χ4v) is 4.21. The number of hydrogen-bond acceptors (Lipinski definition) is 5. The SMILES string of the molecule is CN1C(=O)N(C(CC(=O)O)N(c2ccc(-c3ccc(Cl)cc3)cc2)S(=O)[O-])C(=O)C1(C)C. The van der Waals surface area contributed by atoms with E-state index in [2.05, 4.69) is 0 Å². The van der Waals surface area contributed by atoms with Crippen LogP contribution in [0.2, 0.25) is 5.02 Å². The fraction of sp³-hybridized carbons (Fsp3) is 0.286. The second kappa shape index (κ2) is 8.89. The lowest BCUT2D eigenvalue weighted by atomic mass is 10.0. The Kier molecular flexibility index (Phi) is 6.59. The van der Waals surface area contributed by atoms with Crippen LogP contribution in [0.15, 0.2) is 48.5 Å². The van der Waals surface area contributed by atoms with Crippen molar-refractivity contribution in [1.82, 2.24) is 9.80 Å². The second-order valence-electron chi connectivity index (χ2n) is 7.75. The van der Waals surface area contributed by atoms with Gasteiger partial charge in [0.1, 0.15) is 11.7 Å². The maximum absolute atomic E-state index is 12.9. The molecule has 0 radical (unpaired) electrons. The molecule has 170 valence electrons. The van der Waals surface area contributed by atoms with Gasteiger partial charge in [-0.15, -0.1) is 0 Å². The number of likely N-dealkylation sites (N-methyl/N-ethyl adjacent to an activating group) is 1. The summed E-state index contributed by atoms with van der Waals surface area (Å²) in [4.78, 5) is 39.1. The van der Waals surface area contributed by atoms with Gasteiger partial charge < -0.3 is 14.6 Å². The highest BCUT2D eigenvalue weighted by Gasteiger charge is 2.53. The maximum Gasteiger partial charge on any atom is 0.329 e. The van der Waals surface area contributed by atoms with Gasteiger partial charge in [0.15, 0.2) is 0 Å². The molecule has 11 heteroatoms. The van der Waals surface area contributed by atoms with E-state index in [-0.39, 0.29) is 5.69 Å². The number of carbonyl (C=O) groups is 3. The van der Waals surface area contributed by atoms with Gasteiger partial charge in [0.05, 0.1) is 12.1 Å². The molecular formula is C21H21ClN3O6S-. The highest BCUT2D eigenvalue weighted by atomic mass is 35.5. The zero-order valence-corrected chi connectivity index (χ0v) is 19.1. The summed E-state index contributed by atoms with van der Waals surface area (Å²) in [6, 6.07) is 12.5. The summed E-state index contributed by atoms with van der Waals surface area (Å²) in [6.07, 6.45) is -2.36. The smallest absolute Gasteiger partial charge is 0.329 e. The zero-order chi connectivity index (χ0) is 23.8. The van der Waals surface area contributed by atoms with Crippen LogP contribution in [-0.2, 0) is 20.9 Å². The van der Waals surface area contributed by atoms with Crippen LogP contribution in [-0.4, -0.2) is 60.3 Å². The average molecular weight is 479 g/mol. The highest BCUT2D eigenvalue weighted by molar-refractivity contribution is 7.80. The first kappa shape index (κ1) is 23.7. The summed E-state index contributed by atoms with van der Waals surface area (Å²) < 4.78 is 25.1. The average Bonchev–Trinajstić information content (AvgIpc) is 2.87. The molecule has 0 aliphatic carbocycles. The van der Waals surface area contributed by atoms with Gasteiger partial charge in [-0.1, -0.05) is 35.9 Å². The number of nitrogens with zero attached hydrogens (tertiary/aromatic N) is 3. The van der Waals surface area contributed by atoms with Gasteiger partial charge in [-0.05, 0) is 49.2 Å². The Morgan fingerprint density at radius 1 is 1.12 bits per heavy atom.